The molecular weight excluding hydrogens is 167 g/mol. The highest BCUT2D eigenvalue weighted by molar-refractivity contribution is 6.30. The number of aromatic nitrogens is 1. The zero-order chi connectivity index (χ0) is 8.43. The molecule has 0 radical (unpaired) electrons. The van der Waals surface area contributed by atoms with Crippen LogP contribution in [0.25, 0.3) is 0 Å². The minimum absolute atomic E-state index is 0.0874. The molecule has 0 unspecified atom stereocenters. The highest BCUT2D eigenvalue weighted by atomic mass is 35.5. The average molecular weight is 171 g/mol. The minimum atomic E-state index is -0.590. The van der Waals surface area contributed by atoms with Gasteiger partial charge in [-0.25, -0.2) is 9.37 Å². The van der Waals surface area contributed by atoms with Crippen LogP contribution in [0.3, 0.4) is 0 Å². The number of hydrogen-bond acceptors (Lipinski definition) is 2. The zero-order valence-electron chi connectivity index (χ0n) is 5.73. The average Bonchev–Trinajstić information content (AvgIpc) is 1.99. The van der Waals surface area contributed by atoms with Gasteiger partial charge in [-0.2, -0.15) is 5.26 Å². The summed E-state index contributed by atoms with van der Waals surface area (Å²) in [5, 5.41) is 8.32. The lowest BCUT2D eigenvalue weighted by Crippen LogP contribution is -1.92. The fourth-order valence-electron chi connectivity index (χ4n) is 0.658. The molecule has 0 N–H and O–H groups in total. The van der Waals surface area contributed by atoms with Crippen molar-refractivity contribution in [3.63, 3.8) is 0 Å². The van der Waals surface area contributed by atoms with Crippen LogP contribution in [0.5, 0.6) is 0 Å². The van der Waals surface area contributed by atoms with Crippen LogP contribution in [0.15, 0.2) is 6.20 Å². The van der Waals surface area contributed by atoms with E-state index in [1.54, 1.807) is 6.07 Å². The van der Waals surface area contributed by atoms with Gasteiger partial charge in [-0.1, -0.05) is 11.6 Å². The van der Waals surface area contributed by atoms with Gasteiger partial charge < -0.3 is 0 Å². The van der Waals surface area contributed by atoms with E-state index in [4.69, 9.17) is 16.9 Å². The van der Waals surface area contributed by atoms with E-state index in [1.165, 1.54) is 13.1 Å². The second kappa shape index (κ2) is 2.85. The van der Waals surface area contributed by atoms with Gasteiger partial charge in [0.2, 0.25) is 0 Å². The summed E-state index contributed by atoms with van der Waals surface area (Å²) in [7, 11) is 0. The van der Waals surface area contributed by atoms with E-state index < -0.39 is 5.82 Å². The first-order chi connectivity index (χ1) is 5.16. The number of nitrogens with zero attached hydrogens (tertiary/aromatic N) is 2. The maximum atomic E-state index is 12.9. The maximum Gasteiger partial charge on any atom is 0.149 e. The van der Waals surface area contributed by atoms with Crippen LogP contribution in [0.4, 0.5) is 4.39 Å². The Bertz CT molecular complexity index is 330. The van der Waals surface area contributed by atoms with Crippen LogP contribution in [0, 0.1) is 24.1 Å². The molecule has 0 aliphatic rings. The molecule has 0 saturated carbocycles. The first-order valence-corrected chi connectivity index (χ1v) is 3.25. The highest BCUT2D eigenvalue weighted by Crippen LogP contribution is 2.17. The van der Waals surface area contributed by atoms with Crippen molar-refractivity contribution >= 4 is 11.6 Å². The molecule has 0 atom stereocenters. The van der Waals surface area contributed by atoms with E-state index in [0.29, 0.717) is 5.56 Å². The van der Waals surface area contributed by atoms with E-state index >= 15 is 0 Å². The second-order valence-electron chi connectivity index (χ2n) is 2.03. The second-order valence-corrected chi connectivity index (χ2v) is 2.39. The van der Waals surface area contributed by atoms with Gasteiger partial charge in [0, 0.05) is 11.8 Å². The Morgan fingerprint density at radius 3 is 2.82 bits per heavy atom. The molecule has 0 fully saturated rings. The molecule has 1 aromatic heterocycles. The smallest absolute Gasteiger partial charge is 0.149 e. The third-order valence-corrected chi connectivity index (χ3v) is 1.54. The van der Waals surface area contributed by atoms with E-state index in [-0.39, 0.29) is 10.7 Å². The van der Waals surface area contributed by atoms with Gasteiger partial charge in [0.05, 0.1) is 0 Å². The highest BCUT2D eigenvalue weighted by Gasteiger charge is 2.09. The van der Waals surface area contributed by atoms with Gasteiger partial charge >= 0.3 is 0 Å². The third-order valence-electron chi connectivity index (χ3n) is 1.26. The molecule has 1 aromatic rings. The van der Waals surface area contributed by atoms with Crippen LogP contribution in [-0.4, -0.2) is 4.98 Å². The molecule has 0 aliphatic carbocycles. The van der Waals surface area contributed by atoms with Gasteiger partial charge in [0.15, 0.2) is 0 Å². The van der Waals surface area contributed by atoms with Crippen LogP contribution >= 0.6 is 11.6 Å². The molecule has 0 spiro atoms. The monoisotopic (exact) mass is 170 g/mol. The molecule has 0 bridgehead atoms. The van der Waals surface area contributed by atoms with Crippen molar-refractivity contribution in [3.05, 3.63) is 28.3 Å². The van der Waals surface area contributed by atoms with Crippen LogP contribution in [0.1, 0.15) is 11.1 Å². The first-order valence-electron chi connectivity index (χ1n) is 2.87. The molecule has 0 aliphatic heterocycles. The molecule has 4 heteroatoms. The van der Waals surface area contributed by atoms with E-state index in [0.717, 1.165) is 0 Å². The Kier molecular flexibility index (Phi) is 2.06. The summed E-state index contributed by atoms with van der Waals surface area (Å²) in [6.07, 6.45) is 1.29. The molecule has 1 heterocycles. The molecule has 0 saturated heterocycles. The topological polar surface area (TPSA) is 36.7 Å². The largest absolute Gasteiger partial charge is 0.243 e. The number of aryl methyl sites for hydroxylation is 1. The summed E-state index contributed by atoms with van der Waals surface area (Å²) in [6.45, 7) is 1.53. The summed E-state index contributed by atoms with van der Waals surface area (Å²) in [6, 6.07) is 1.63. The lowest BCUT2D eigenvalue weighted by molar-refractivity contribution is 0.612. The summed E-state index contributed by atoms with van der Waals surface area (Å²) in [5.74, 6) is -0.590. The van der Waals surface area contributed by atoms with Gasteiger partial charge in [-0.3, -0.25) is 0 Å². The van der Waals surface area contributed by atoms with Gasteiger partial charge in [-0.05, 0) is 6.92 Å². The summed E-state index contributed by atoms with van der Waals surface area (Å²) >= 11 is 5.43. The van der Waals surface area contributed by atoms with Crippen molar-refractivity contribution in [2.24, 2.45) is 0 Å². The molecule has 0 aromatic carbocycles. The van der Waals surface area contributed by atoms with Gasteiger partial charge in [0.1, 0.15) is 22.6 Å². The Morgan fingerprint density at radius 1 is 1.73 bits per heavy atom. The zero-order valence-corrected chi connectivity index (χ0v) is 6.48. The molecule has 0 amide bonds. The van der Waals surface area contributed by atoms with E-state index in [1.807, 2.05) is 0 Å². The van der Waals surface area contributed by atoms with Crippen LogP contribution in [-0.2, 0) is 0 Å². The SMILES string of the molecule is Cc1cnc(Cl)c(C#N)c1F. The summed E-state index contributed by atoms with van der Waals surface area (Å²) in [5.41, 5.74) is 0.137. The van der Waals surface area contributed by atoms with Crippen molar-refractivity contribution < 1.29 is 4.39 Å². The Balaban J connectivity index is 3.44. The number of pyridine rings is 1. The van der Waals surface area contributed by atoms with E-state index in [9.17, 15) is 4.39 Å². The summed E-state index contributed by atoms with van der Waals surface area (Å²) < 4.78 is 12.9. The van der Waals surface area contributed by atoms with Gasteiger partial charge in [-0.15, -0.1) is 0 Å². The standard InChI is InChI=1S/C7H4ClFN2/c1-4-3-11-7(8)5(2-10)6(4)9/h3H,1H3. The first kappa shape index (κ1) is 7.96. The van der Waals surface area contributed by atoms with Crippen molar-refractivity contribution in [2.75, 3.05) is 0 Å². The third kappa shape index (κ3) is 1.31. The molecular formula is C7H4ClFN2. The predicted molar refractivity (Wildman–Crippen MR) is 38.7 cm³/mol. The number of rotatable bonds is 0. The van der Waals surface area contributed by atoms with Crippen molar-refractivity contribution in [1.29, 1.82) is 5.26 Å². The Hall–Kier alpha value is -1.14. The lowest BCUT2D eigenvalue weighted by Gasteiger charge is -1.97. The molecule has 2 nitrogen and oxygen atoms in total. The fraction of sp³-hybridized carbons (Fsp3) is 0.143. The molecule has 11 heavy (non-hydrogen) atoms. The maximum absolute atomic E-state index is 12.9. The number of halogens is 2. The molecule has 1 rings (SSSR count). The lowest BCUT2D eigenvalue weighted by atomic mass is 10.2. The Labute approximate surface area is 68.2 Å². The van der Waals surface area contributed by atoms with Crippen LogP contribution < -0.4 is 0 Å². The van der Waals surface area contributed by atoms with Crippen molar-refractivity contribution in [3.8, 4) is 6.07 Å². The Morgan fingerprint density at radius 2 is 2.36 bits per heavy atom. The predicted octanol–water partition coefficient (Wildman–Crippen LogP) is 2.05. The minimum Gasteiger partial charge on any atom is -0.243 e. The van der Waals surface area contributed by atoms with E-state index in [2.05, 4.69) is 4.98 Å². The quantitative estimate of drug-likeness (QED) is 0.559. The number of hydrogen-bond donors (Lipinski definition) is 0. The summed E-state index contributed by atoms with van der Waals surface area (Å²) in [4.78, 5) is 3.61. The number of nitriles is 1. The van der Waals surface area contributed by atoms with Crippen molar-refractivity contribution in [1.82, 2.24) is 4.98 Å². The molecule has 56 valence electrons. The fourth-order valence-corrected chi connectivity index (χ4v) is 0.832. The van der Waals surface area contributed by atoms with Crippen LogP contribution in [0.2, 0.25) is 5.15 Å². The normalized spacial score (nSPS) is 9.27. The van der Waals surface area contributed by atoms with Gasteiger partial charge in [0.25, 0.3) is 0 Å². The van der Waals surface area contributed by atoms with Crippen molar-refractivity contribution in [2.45, 2.75) is 6.92 Å².